The van der Waals surface area contributed by atoms with Gasteiger partial charge in [-0.2, -0.15) is 13.2 Å². The molecule has 0 fully saturated rings. The Hall–Kier alpha value is -1.31. The number of alkyl halides is 3. The van der Waals surface area contributed by atoms with Crippen molar-refractivity contribution in [1.29, 1.82) is 0 Å². The van der Waals surface area contributed by atoms with Crippen LogP contribution >= 0.6 is 0 Å². The van der Waals surface area contributed by atoms with E-state index in [0.717, 1.165) is 4.90 Å². The fraction of sp³-hybridized carbons (Fsp3) is 0.778. The number of aliphatic carboxylic acids is 1. The van der Waals surface area contributed by atoms with Crippen LogP contribution in [0.15, 0.2) is 0 Å². The molecule has 0 aromatic carbocycles. The van der Waals surface area contributed by atoms with Gasteiger partial charge in [0.1, 0.15) is 6.04 Å². The van der Waals surface area contributed by atoms with Gasteiger partial charge in [-0.25, -0.2) is 4.79 Å². The molecule has 0 aromatic rings. The second kappa shape index (κ2) is 6.43. The van der Waals surface area contributed by atoms with Gasteiger partial charge < -0.3 is 15.3 Å². The van der Waals surface area contributed by atoms with Gasteiger partial charge in [0, 0.05) is 7.05 Å². The molecule has 0 aromatic heterocycles. The van der Waals surface area contributed by atoms with Crippen molar-refractivity contribution in [2.45, 2.75) is 25.6 Å². The fourth-order valence-electron chi connectivity index (χ4n) is 1.22. The molecule has 5 nitrogen and oxygen atoms in total. The normalized spacial score (nSPS) is 13.2. The Bertz CT molecular complexity index is 281. The van der Waals surface area contributed by atoms with Crippen LogP contribution in [0.25, 0.3) is 0 Å². The molecule has 0 heterocycles. The number of nitrogens with one attached hydrogen (secondary N) is 1. The van der Waals surface area contributed by atoms with Crippen LogP contribution < -0.4 is 5.32 Å². The highest BCUT2D eigenvalue weighted by atomic mass is 19.4. The lowest BCUT2D eigenvalue weighted by atomic mass is 10.2. The van der Waals surface area contributed by atoms with Crippen LogP contribution in [-0.4, -0.2) is 54.2 Å². The first-order valence-corrected chi connectivity index (χ1v) is 4.95. The van der Waals surface area contributed by atoms with Gasteiger partial charge >= 0.3 is 12.1 Å². The Balaban J connectivity index is 4.18. The number of carboxylic acids is 1. The second-order valence-corrected chi connectivity index (χ2v) is 3.49. The lowest BCUT2D eigenvalue weighted by Gasteiger charge is -2.24. The SMILES string of the molecule is CCC(C(=O)O)N(C)C(=O)CNCC(F)(F)F. The summed E-state index contributed by atoms with van der Waals surface area (Å²) >= 11 is 0. The van der Waals surface area contributed by atoms with Gasteiger partial charge in [-0.05, 0) is 6.42 Å². The van der Waals surface area contributed by atoms with Crippen molar-refractivity contribution in [3.8, 4) is 0 Å². The summed E-state index contributed by atoms with van der Waals surface area (Å²) in [6, 6.07) is -1.02. The molecule has 0 aliphatic heterocycles. The van der Waals surface area contributed by atoms with E-state index in [2.05, 4.69) is 0 Å². The summed E-state index contributed by atoms with van der Waals surface area (Å²) in [4.78, 5) is 23.0. The van der Waals surface area contributed by atoms with Crippen LogP contribution in [-0.2, 0) is 9.59 Å². The van der Waals surface area contributed by atoms with Gasteiger partial charge in [0.15, 0.2) is 0 Å². The van der Waals surface area contributed by atoms with Crippen LogP contribution in [0.5, 0.6) is 0 Å². The summed E-state index contributed by atoms with van der Waals surface area (Å²) in [5, 5.41) is 10.7. The van der Waals surface area contributed by atoms with Crippen molar-refractivity contribution in [2.75, 3.05) is 20.1 Å². The van der Waals surface area contributed by atoms with Gasteiger partial charge in [0.2, 0.25) is 5.91 Å². The van der Waals surface area contributed by atoms with E-state index in [1.165, 1.54) is 7.05 Å². The summed E-state index contributed by atoms with van der Waals surface area (Å²) in [5.74, 6) is -1.87. The monoisotopic (exact) mass is 256 g/mol. The van der Waals surface area contributed by atoms with E-state index < -0.39 is 37.2 Å². The average Bonchev–Trinajstić information content (AvgIpc) is 2.15. The van der Waals surface area contributed by atoms with Crippen molar-refractivity contribution in [2.24, 2.45) is 0 Å². The molecule has 100 valence electrons. The molecule has 0 aliphatic rings. The summed E-state index contributed by atoms with van der Waals surface area (Å²) in [6.45, 7) is -0.248. The van der Waals surface area contributed by atoms with Gasteiger partial charge in [-0.15, -0.1) is 0 Å². The predicted octanol–water partition coefficient (Wildman–Crippen LogP) is 0.460. The average molecular weight is 256 g/mol. The van der Waals surface area contributed by atoms with Crippen molar-refractivity contribution in [3.63, 3.8) is 0 Å². The maximum Gasteiger partial charge on any atom is 0.401 e. The molecule has 1 amide bonds. The zero-order valence-corrected chi connectivity index (χ0v) is 9.54. The smallest absolute Gasteiger partial charge is 0.401 e. The molecule has 0 bridgehead atoms. The molecule has 1 atom stereocenters. The third-order valence-electron chi connectivity index (χ3n) is 2.13. The highest BCUT2D eigenvalue weighted by molar-refractivity contribution is 5.84. The van der Waals surface area contributed by atoms with E-state index in [4.69, 9.17) is 5.11 Å². The largest absolute Gasteiger partial charge is 0.480 e. The molecule has 0 radical (unpaired) electrons. The zero-order valence-electron chi connectivity index (χ0n) is 9.54. The number of hydrogen-bond donors (Lipinski definition) is 2. The molecule has 0 saturated carbocycles. The van der Waals surface area contributed by atoms with Crippen LogP contribution in [0.4, 0.5) is 13.2 Å². The number of carboxylic acid groups (broad SMARTS) is 1. The number of halogens is 3. The Morgan fingerprint density at radius 2 is 1.94 bits per heavy atom. The number of likely N-dealkylation sites (N-methyl/N-ethyl adjacent to an activating group) is 1. The van der Waals surface area contributed by atoms with Crippen LogP contribution in [0.3, 0.4) is 0 Å². The summed E-state index contributed by atoms with van der Waals surface area (Å²) in [5.41, 5.74) is 0. The van der Waals surface area contributed by atoms with Gasteiger partial charge in [0.25, 0.3) is 0 Å². The Morgan fingerprint density at radius 1 is 1.41 bits per heavy atom. The highest BCUT2D eigenvalue weighted by Gasteiger charge is 2.28. The number of rotatable bonds is 6. The van der Waals surface area contributed by atoms with Crippen molar-refractivity contribution in [1.82, 2.24) is 10.2 Å². The maximum atomic E-state index is 11.8. The first kappa shape index (κ1) is 15.7. The number of amides is 1. The minimum absolute atomic E-state index is 0.191. The van der Waals surface area contributed by atoms with E-state index in [0.29, 0.717) is 0 Å². The Kier molecular flexibility index (Phi) is 5.94. The molecule has 0 saturated heterocycles. The summed E-state index contributed by atoms with van der Waals surface area (Å²) < 4.78 is 35.3. The van der Waals surface area contributed by atoms with E-state index in [9.17, 15) is 22.8 Å². The molecular formula is C9H15F3N2O3. The highest BCUT2D eigenvalue weighted by Crippen LogP contribution is 2.12. The molecule has 0 spiro atoms. The number of carbonyl (C=O) groups excluding carboxylic acids is 1. The van der Waals surface area contributed by atoms with Crippen molar-refractivity contribution >= 4 is 11.9 Å². The molecule has 1 unspecified atom stereocenters. The number of nitrogens with zero attached hydrogens (tertiary/aromatic N) is 1. The van der Waals surface area contributed by atoms with Crippen molar-refractivity contribution < 1.29 is 27.9 Å². The summed E-state index contributed by atoms with van der Waals surface area (Å²) in [7, 11) is 1.25. The second-order valence-electron chi connectivity index (χ2n) is 3.49. The molecule has 0 aliphatic carbocycles. The first-order chi connectivity index (χ1) is 7.69. The van der Waals surface area contributed by atoms with Gasteiger partial charge in [-0.1, -0.05) is 6.92 Å². The molecule has 0 rings (SSSR count). The summed E-state index contributed by atoms with van der Waals surface area (Å²) in [6.07, 6.45) is -4.20. The Morgan fingerprint density at radius 3 is 2.29 bits per heavy atom. The fourth-order valence-corrected chi connectivity index (χ4v) is 1.22. The maximum absolute atomic E-state index is 11.8. The molecule has 17 heavy (non-hydrogen) atoms. The van der Waals surface area contributed by atoms with Crippen LogP contribution in [0.1, 0.15) is 13.3 Å². The first-order valence-electron chi connectivity index (χ1n) is 4.95. The minimum Gasteiger partial charge on any atom is -0.480 e. The standard InChI is InChI=1S/C9H15F3N2O3/c1-3-6(8(16)17)14(2)7(15)4-13-5-9(10,11)12/h6,13H,3-5H2,1-2H3,(H,16,17). The van der Waals surface area contributed by atoms with E-state index >= 15 is 0 Å². The van der Waals surface area contributed by atoms with E-state index in [1.807, 2.05) is 5.32 Å². The van der Waals surface area contributed by atoms with E-state index in [-0.39, 0.29) is 6.42 Å². The third-order valence-corrected chi connectivity index (χ3v) is 2.13. The molecule has 2 N–H and O–H groups in total. The molecule has 8 heteroatoms. The number of carbonyl (C=O) groups is 2. The zero-order chi connectivity index (χ0) is 13.6. The minimum atomic E-state index is -4.39. The quantitative estimate of drug-likeness (QED) is 0.724. The van der Waals surface area contributed by atoms with Crippen LogP contribution in [0.2, 0.25) is 0 Å². The van der Waals surface area contributed by atoms with Gasteiger partial charge in [0.05, 0.1) is 13.1 Å². The third kappa shape index (κ3) is 6.10. The van der Waals surface area contributed by atoms with Crippen LogP contribution in [0, 0.1) is 0 Å². The van der Waals surface area contributed by atoms with E-state index in [1.54, 1.807) is 6.92 Å². The lowest BCUT2D eigenvalue weighted by Crippen LogP contribution is -2.46. The molecular weight excluding hydrogens is 241 g/mol. The topological polar surface area (TPSA) is 69.6 Å². The lowest BCUT2D eigenvalue weighted by molar-refractivity contribution is -0.149. The Labute approximate surface area is 96.6 Å². The number of hydrogen-bond acceptors (Lipinski definition) is 3. The predicted molar refractivity (Wildman–Crippen MR) is 53.4 cm³/mol. The van der Waals surface area contributed by atoms with Gasteiger partial charge in [-0.3, -0.25) is 4.79 Å². The van der Waals surface area contributed by atoms with Crippen molar-refractivity contribution in [3.05, 3.63) is 0 Å².